The number of ether oxygens (including phenoxy) is 1. The number of carbonyl (C=O) groups is 2. The Labute approximate surface area is 175 Å². The number of piperidine rings is 1. The molecule has 9 nitrogen and oxygen atoms in total. The second kappa shape index (κ2) is 7.84. The number of methoxy groups -OCH3 is 1. The van der Waals surface area contributed by atoms with E-state index in [0.29, 0.717) is 17.9 Å². The number of sulfonamides is 1. The van der Waals surface area contributed by atoms with Crippen LogP contribution < -0.4 is 0 Å². The van der Waals surface area contributed by atoms with Crippen LogP contribution in [0.25, 0.3) is 5.69 Å². The summed E-state index contributed by atoms with van der Waals surface area (Å²) < 4.78 is 33.9. The first-order valence-corrected chi connectivity index (χ1v) is 11.3. The van der Waals surface area contributed by atoms with Crippen molar-refractivity contribution in [3.63, 3.8) is 0 Å². The molecule has 3 heterocycles. The first kappa shape index (κ1) is 20.5. The van der Waals surface area contributed by atoms with Crippen LogP contribution in [0.4, 0.5) is 0 Å². The van der Waals surface area contributed by atoms with E-state index in [1.807, 2.05) is 6.92 Å². The second-order valence-corrected chi connectivity index (χ2v) is 9.48. The monoisotopic (exact) mass is 432 g/mol. The lowest BCUT2D eigenvalue weighted by Crippen LogP contribution is -2.43. The van der Waals surface area contributed by atoms with Gasteiger partial charge < -0.3 is 9.64 Å². The van der Waals surface area contributed by atoms with Crippen LogP contribution >= 0.6 is 0 Å². The van der Waals surface area contributed by atoms with Crippen molar-refractivity contribution in [3.05, 3.63) is 42.0 Å². The van der Waals surface area contributed by atoms with E-state index >= 15 is 0 Å². The van der Waals surface area contributed by atoms with Crippen LogP contribution in [0.3, 0.4) is 0 Å². The molecule has 0 radical (unpaired) electrons. The van der Waals surface area contributed by atoms with Gasteiger partial charge in [-0.15, -0.1) is 0 Å². The van der Waals surface area contributed by atoms with Crippen molar-refractivity contribution in [2.75, 3.05) is 20.2 Å². The number of hydrogen-bond donors (Lipinski definition) is 0. The Bertz CT molecular complexity index is 1090. The van der Waals surface area contributed by atoms with E-state index in [1.165, 1.54) is 19.5 Å². The van der Waals surface area contributed by atoms with Gasteiger partial charge in [0.15, 0.2) is 5.69 Å². The highest BCUT2D eigenvalue weighted by atomic mass is 32.2. The molecule has 10 heteroatoms. The first-order valence-electron chi connectivity index (χ1n) is 9.88. The Balaban J connectivity index is 1.83. The molecule has 0 bridgehead atoms. The molecule has 1 saturated heterocycles. The average Bonchev–Trinajstić information content (AvgIpc) is 3.13. The van der Waals surface area contributed by atoms with Gasteiger partial charge in [-0.2, -0.15) is 4.31 Å². The van der Waals surface area contributed by atoms with Gasteiger partial charge in [0, 0.05) is 12.6 Å². The smallest absolute Gasteiger partial charge is 0.321 e. The molecule has 160 valence electrons. The number of aromatic nitrogens is 2. The largest absolute Gasteiger partial charge is 0.468 e. The highest BCUT2D eigenvalue weighted by molar-refractivity contribution is 7.89. The Morgan fingerprint density at radius 3 is 2.73 bits per heavy atom. The van der Waals surface area contributed by atoms with Crippen molar-refractivity contribution < 1.29 is 22.7 Å². The number of nitrogens with zero attached hydrogens (tertiary/aromatic N) is 4. The molecular formula is C20H24N4O5S. The average molecular weight is 433 g/mol. The molecule has 1 fully saturated rings. The molecule has 0 aliphatic carbocycles. The molecule has 1 aromatic carbocycles. The summed E-state index contributed by atoms with van der Waals surface area (Å²) in [6.07, 6.45) is 4.41. The number of imidazole rings is 1. The fraction of sp³-hybridized carbons (Fsp3) is 0.450. The van der Waals surface area contributed by atoms with Crippen molar-refractivity contribution in [1.29, 1.82) is 0 Å². The predicted molar refractivity (Wildman–Crippen MR) is 108 cm³/mol. The summed E-state index contributed by atoms with van der Waals surface area (Å²) in [7, 11) is -2.78. The number of esters is 1. The highest BCUT2D eigenvalue weighted by Gasteiger charge is 2.37. The maximum Gasteiger partial charge on any atom is 0.321 e. The number of likely N-dealkylation sites (tertiary alicyclic amines) is 1. The van der Waals surface area contributed by atoms with Crippen molar-refractivity contribution >= 4 is 21.9 Å². The lowest BCUT2D eigenvalue weighted by molar-refractivity contribution is -0.140. The zero-order chi connectivity index (χ0) is 21.5. The third-order valence-corrected chi connectivity index (χ3v) is 7.57. The summed E-state index contributed by atoms with van der Waals surface area (Å²) in [4.78, 5) is 31.4. The zero-order valence-corrected chi connectivity index (χ0v) is 17.8. The van der Waals surface area contributed by atoms with Crippen molar-refractivity contribution in [3.8, 4) is 5.69 Å². The van der Waals surface area contributed by atoms with Gasteiger partial charge in [0.1, 0.15) is 17.8 Å². The fourth-order valence-electron chi connectivity index (χ4n) is 4.06. The minimum Gasteiger partial charge on any atom is -0.468 e. The number of para-hydroxylation sites is 1. The first-order chi connectivity index (χ1) is 14.3. The van der Waals surface area contributed by atoms with Gasteiger partial charge in [-0.1, -0.05) is 12.1 Å². The Kier molecular flexibility index (Phi) is 5.37. The quantitative estimate of drug-likeness (QED) is 0.682. The lowest BCUT2D eigenvalue weighted by atomic mass is 10.0. The van der Waals surface area contributed by atoms with Crippen LogP contribution in [-0.2, 0) is 26.1 Å². The maximum atomic E-state index is 13.3. The molecule has 30 heavy (non-hydrogen) atoms. The van der Waals surface area contributed by atoms with E-state index in [2.05, 4.69) is 9.72 Å². The molecule has 2 aliphatic heterocycles. The van der Waals surface area contributed by atoms with E-state index < -0.39 is 22.5 Å². The number of amides is 1. The lowest BCUT2D eigenvalue weighted by Gasteiger charge is -2.33. The topological polar surface area (TPSA) is 102 Å². The van der Waals surface area contributed by atoms with Gasteiger partial charge in [-0.3, -0.25) is 14.2 Å². The summed E-state index contributed by atoms with van der Waals surface area (Å²) in [5.74, 6) is -0.896. The molecule has 0 spiro atoms. The van der Waals surface area contributed by atoms with Gasteiger partial charge in [0.05, 0.1) is 25.0 Å². The van der Waals surface area contributed by atoms with Crippen molar-refractivity contribution in [2.45, 2.75) is 43.7 Å². The summed E-state index contributed by atoms with van der Waals surface area (Å²) in [6.45, 7) is 2.05. The second-order valence-electron chi connectivity index (χ2n) is 7.57. The van der Waals surface area contributed by atoms with Crippen LogP contribution in [-0.4, -0.2) is 65.3 Å². The molecule has 2 aromatic rings. The molecule has 1 unspecified atom stereocenters. The Hall–Kier alpha value is -2.72. The summed E-state index contributed by atoms with van der Waals surface area (Å²) in [6, 6.07) is 6.59. The van der Waals surface area contributed by atoms with Gasteiger partial charge in [-0.05, 0) is 38.3 Å². The molecule has 4 rings (SSSR count). The minimum atomic E-state index is -3.98. The SMILES string of the molecule is COC(=O)CN1Cc2c(C(=O)N3CCCCC3C)ncn2-c2ccccc2S1(=O)=O. The van der Waals surface area contributed by atoms with Gasteiger partial charge in [0.25, 0.3) is 5.91 Å². The normalized spacial score (nSPS) is 20.7. The Morgan fingerprint density at radius 2 is 2.00 bits per heavy atom. The van der Waals surface area contributed by atoms with E-state index in [0.717, 1.165) is 23.6 Å². The van der Waals surface area contributed by atoms with E-state index in [1.54, 1.807) is 27.7 Å². The van der Waals surface area contributed by atoms with Crippen LogP contribution in [0, 0.1) is 0 Å². The number of hydrogen-bond acceptors (Lipinski definition) is 6. The molecule has 1 aromatic heterocycles. The molecule has 0 saturated carbocycles. The number of carbonyl (C=O) groups excluding carboxylic acids is 2. The highest BCUT2D eigenvalue weighted by Crippen LogP contribution is 2.32. The van der Waals surface area contributed by atoms with Crippen LogP contribution in [0.2, 0.25) is 0 Å². The number of benzene rings is 1. The third-order valence-electron chi connectivity index (χ3n) is 5.73. The molecule has 1 amide bonds. The summed E-state index contributed by atoms with van der Waals surface area (Å²) in [5.41, 5.74) is 1.05. The summed E-state index contributed by atoms with van der Waals surface area (Å²) in [5, 5.41) is 0. The fourth-order valence-corrected chi connectivity index (χ4v) is 5.59. The van der Waals surface area contributed by atoms with Gasteiger partial charge >= 0.3 is 5.97 Å². The zero-order valence-electron chi connectivity index (χ0n) is 16.9. The third kappa shape index (κ3) is 3.39. The van der Waals surface area contributed by atoms with Crippen molar-refractivity contribution in [1.82, 2.24) is 18.8 Å². The molecule has 1 atom stereocenters. The number of fused-ring (bicyclic) bond motifs is 3. The number of rotatable bonds is 3. The van der Waals surface area contributed by atoms with Crippen LogP contribution in [0.5, 0.6) is 0 Å². The minimum absolute atomic E-state index is 0.0513. The molecule has 0 N–H and O–H groups in total. The van der Waals surface area contributed by atoms with E-state index in [-0.39, 0.29) is 29.1 Å². The maximum absolute atomic E-state index is 13.3. The Morgan fingerprint density at radius 1 is 1.23 bits per heavy atom. The van der Waals surface area contributed by atoms with Crippen LogP contribution in [0.1, 0.15) is 42.4 Å². The predicted octanol–water partition coefficient (Wildman–Crippen LogP) is 1.56. The molecule has 2 aliphatic rings. The van der Waals surface area contributed by atoms with Crippen LogP contribution in [0.15, 0.2) is 35.5 Å². The van der Waals surface area contributed by atoms with Gasteiger partial charge in [0.2, 0.25) is 10.0 Å². The molecular weight excluding hydrogens is 408 g/mol. The summed E-state index contributed by atoms with van der Waals surface area (Å²) >= 11 is 0. The van der Waals surface area contributed by atoms with Gasteiger partial charge in [-0.25, -0.2) is 13.4 Å². The van der Waals surface area contributed by atoms with E-state index in [4.69, 9.17) is 0 Å². The van der Waals surface area contributed by atoms with Crippen molar-refractivity contribution in [2.24, 2.45) is 0 Å². The van der Waals surface area contributed by atoms with E-state index in [9.17, 15) is 18.0 Å². The standard InChI is InChI=1S/C20H24N4O5S/c1-14-7-5-6-10-23(14)20(26)19-16-11-22(12-18(25)29-2)30(27,28)17-9-4-3-8-15(17)24(16)13-21-19/h3-4,8-9,13-14H,5-7,10-12H2,1-2H3.